The van der Waals surface area contributed by atoms with E-state index >= 15 is 0 Å². The van der Waals surface area contributed by atoms with Crippen LogP contribution >= 0.6 is 0 Å². The summed E-state index contributed by atoms with van der Waals surface area (Å²) in [7, 11) is 0. The lowest BCUT2D eigenvalue weighted by Crippen LogP contribution is -2.30. The van der Waals surface area contributed by atoms with Crippen LogP contribution in [0.5, 0.6) is 0 Å². The summed E-state index contributed by atoms with van der Waals surface area (Å²) >= 11 is 0. The second-order valence-corrected chi connectivity index (χ2v) is 3.64. The van der Waals surface area contributed by atoms with Gasteiger partial charge in [-0.3, -0.25) is 4.79 Å². The Morgan fingerprint density at radius 1 is 1.44 bits per heavy atom. The zero-order valence-electron chi connectivity index (χ0n) is 9.05. The van der Waals surface area contributed by atoms with Gasteiger partial charge in [-0.15, -0.1) is 0 Å². The minimum absolute atomic E-state index is 0.191. The molecule has 16 heavy (non-hydrogen) atoms. The maximum atomic E-state index is 11.4. The van der Waals surface area contributed by atoms with Crippen molar-refractivity contribution in [3.8, 4) is 0 Å². The van der Waals surface area contributed by atoms with Gasteiger partial charge in [0.1, 0.15) is 6.10 Å². The molecule has 0 aromatic heterocycles. The van der Waals surface area contributed by atoms with E-state index in [1.807, 2.05) is 30.3 Å². The van der Waals surface area contributed by atoms with E-state index in [4.69, 9.17) is 4.74 Å². The molecule has 4 heteroatoms. The molecule has 0 spiro atoms. The van der Waals surface area contributed by atoms with Crippen LogP contribution in [-0.4, -0.2) is 23.4 Å². The Kier molecular flexibility index (Phi) is 2.90. The number of benzene rings is 1. The highest BCUT2D eigenvalue weighted by Crippen LogP contribution is 2.26. The van der Waals surface area contributed by atoms with Crippen LogP contribution in [0.2, 0.25) is 0 Å². The molecular formula is C12H13NO3. The summed E-state index contributed by atoms with van der Waals surface area (Å²) in [4.78, 5) is 24.0. The number of imide groups is 1. The van der Waals surface area contributed by atoms with Crippen molar-refractivity contribution in [1.29, 1.82) is 0 Å². The normalized spacial score (nSPS) is 19.7. The molecule has 1 saturated heterocycles. The first-order chi connectivity index (χ1) is 7.72. The van der Waals surface area contributed by atoms with E-state index in [-0.39, 0.29) is 12.0 Å². The highest BCUT2D eigenvalue weighted by Gasteiger charge is 2.35. The number of cyclic esters (lactones) is 1. The fourth-order valence-corrected chi connectivity index (χ4v) is 1.70. The van der Waals surface area contributed by atoms with Crippen LogP contribution in [0.25, 0.3) is 0 Å². The summed E-state index contributed by atoms with van der Waals surface area (Å²) in [5.74, 6) is -0.191. The second kappa shape index (κ2) is 4.35. The van der Waals surface area contributed by atoms with Gasteiger partial charge in [-0.25, -0.2) is 9.69 Å². The van der Waals surface area contributed by atoms with Crippen molar-refractivity contribution in [2.45, 2.75) is 19.4 Å². The standard InChI is InChI=1S/C12H13NO3/c1-2-11(14)13-8-10(16-12(13)15)9-6-4-3-5-7-9/h3-7,10H,2,8H2,1H3/t10-/m1/s1. The molecule has 1 aromatic rings. The predicted molar refractivity (Wildman–Crippen MR) is 57.7 cm³/mol. The molecule has 84 valence electrons. The molecule has 0 aliphatic carbocycles. The van der Waals surface area contributed by atoms with Gasteiger partial charge in [0.2, 0.25) is 5.91 Å². The van der Waals surface area contributed by atoms with Crippen molar-refractivity contribution >= 4 is 12.0 Å². The largest absolute Gasteiger partial charge is 0.439 e. The van der Waals surface area contributed by atoms with Gasteiger partial charge in [0, 0.05) is 6.42 Å². The van der Waals surface area contributed by atoms with Gasteiger partial charge in [-0.1, -0.05) is 37.3 Å². The minimum atomic E-state index is -0.541. The van der Waals surface area contributed by atoms with Crippen LogP contribution in [0.4, 0.5) is 4.79 Å². The second-order valence-electron chi connectivity index (χ2n) is 3.64. The van der Waals surface area contributed by atoms with Crippen LogP contribution in [0.1, 0.15) is 25.0 Å². The zero-order chi connectivity index (χ0) is 11.5. The van der Waals surface area contributed by atoms with Gasteiger partial charge in [-0.2, -0.15) is 0 Å². The lowest BCUT2D eigenvalue weighted by atomic mass is 10.1. The Labute approximate surface area is 93.8 Å². The van der Waals surface area contributed by atoms with E-state index in [1.165, 1.54) is 0 Å². The summed E-state index contributed by atoms with van der Waals surface area (Å²) in [6.45, 7) is 2.04. The van der Waals surface area contributed by atoms with Gasteiger partial charge in [-0.05, 0) is 5.56 Å². The molecule has 1 atom stereocenters. The molecule has 0 unspecified atom stereocenters. The van der Waals surface area contributed by atoms with E-state index in [0.717, 1.165) is 10.5 Å². The highest BCUT2D eigenvalue weighted by atomic mass is 16.6. The van der Waals surface area contributed by atoms with E-state index in [0.29, 0.717) is 13.0 Å². The third kappa shape index (κ3) is 1.91. The summed E-state index contributed by atoms with van der Waals surface area (Å²) in [5.41, 5.74) is 0.919. The Morgan fingerprint density at radius 3 is 2.75 bits per heavy atom. The first-order valence-electron chi connectivity index (χ1n) is 5.28. The van der Waals surface area contributed by atoms with Crippen molar-refractivity contribution in [2.24, 2.45) is 0 Å². The van der Waals surface area contributed by atoms with Crippen LogP contribution < -0.4 is 0 Å². The lowest BCUT2D eigenvalue weighted by Gasteiger charge is -2.09. The number of rotatable bonds is 2. The quantitative estimate of drug-likeness (QED) is 0.765. The molecule has 1 aromatic carbocycles. The van der Waals surface area contributed by atoms with E-state index in [2.05, 4.69) is 0 Å². The first-order valence-corrected chi connectivity index (χ1v) is 5.28. The van der Waals surface area contributed by atoms with Gasteiger partial charge in [0.15, 0.2) is 0 Å². The summed E-state index contributed by atoms with van der Waals surface area (Å²) in [6.07, 6.45) is -0.554. The molecular weight excluding hydrogens is 206 g/mol. The summed E-state index contributed by atoms with van der Waals surface area (Å²) < 4.78 is 5.15. The number of carbonyl (C=O) groups is 2. The monoisotopic (exact) mass is 219 g/mol. The molecule has 2 amide bonds. The lowest BCUT2D eigenvalue weighted by molar-refractivity contribution is -0.127. The average Bonchev–Trinajstić information content (AvgIpc) is 2.71. The Morgan fingerprint density at radius 2 is 2.12 bits per heavy atom. The Hall–Kier alpha value is -1.84. The first kappa shape index (κ1) is 10.7. The molecule has 1 heterocycles. The predicted octanol–water partition coefficient (Wildman–Crippen LogP) is 2.12. The molecule has 4 nitrogen and oxygen atoms in total. The highest BCUT2D eigenvalue weighted by molar-refractivity contribution is 5.93. The SMILES string of the molecule is CCC(=O)N1C[C@H](c2ccccc2)OC1=O. The summed E-state index contributed by atoms with van der Waals surface area (Å²) in [6, 6.07) is 9.44. The molecule has 1 aliphatic heterocycles. The smallest absolute Gasteiger partial charge is 0.417 e. The zero-order valence-corrected chi connectivity index (χ0v) is 9.05. The number of amides is 2. The molecule has 0 bridgehead atoms. The van der Waals surface area contributed by atoms with Gasteiger partial charge < -0.3 is 4.74 Å². The topological polar surface area (TPSA) is 46.6 Å². The minimum Gasteiger partial charge on any atom is -0.439 e. The van der Waals surface area contributed by atoms with Crippen molar-refractivity contribution in [3.63, 3.8) is 0 Å². The fourth-order valence-electron chi connectivity index (χ4n) is 1.70. The number of hydrogen-bond donors (Lipinski definition) is 0. The van der Waals surface area contributed by atoms with Gasteiger partial charge in [0.25, 0.3) is 0 Å². The number of hydrogen-bond acceptors (Lipinski definition) is 3. The fraction of sp³-hybridized carbons (Fsp3) is 0.333. The third-order valence-corrected chi connectivity index (χ3v) is 2.59. The van der Waals surface area contributed by atoms with Crippen molar-refractivity contribution in [3.05, 3.63) is 35.9 Å². The molecule has 0 saturated carbocycles. The van der Waals surface area contributed by atoms with Crippen LogP contribution in [0.3, 0.4) is 0 Å². The van der Waals surface area contributed by atoms with E-state index in [1.54, 1.807) is 6.92 Å². The number of nitrogens with zero attached hydrogens (tertiary/aromatic N) is 1. The Bertz CT molecular complexity index is 402. The van der Waals surface area contributed by atoms with Crippen LogP contribution in [0.15, 0.2) is 30.3 Å². The maximum Gasteiger partial charge on any atom is 0.417 e. The van der Waals surface area contributed by atoms with Crippen molar-refractivity contribution in [2.75, 3.05) is 6.54 Å². The van der Waals surface area contributed by atoms with Crippen LogP contribution in [-0.2, 0) is 9.53 Å². The van der Waals surface area contributed by atoms with E-state index < -0.39 is 6.09 Å². The molecule has 2 rings (SSSR count). The van der Waals surface area contributed by atoms with Crippen molar-refractivity contribution in [1.82, 2.24) is 4.90 Å². The maximum absolute atomic E-state index is 11.4. The molecule has 0 N–H and O–H groups in total. The molecule has 1 fully saturated rings. The molecule has 1 aliphatic rings. The van der Waals surface area contributed by atoms with Crippen LogP contribution in [0, 0.1) is 0 Å². The number of ether oxygens (including phenoxy) is 1. The molecule has 0 radical (unpaired) electrons. The van der Waals surface area contributed by atoms with Gasteiger partial charge >= 0.3 is 6.09 Å². The summed E-state index contributed by atoms with van der Waals surface area (Å²) in [5, 5.41) is 0. The van der Waals surface area contributed by atoms with Crippen molar-refractivity contribution < 1.29 is 14.3 Å². The number of carbonyl (C=O) groups excluding carboxylic acids is 2. The van der Waals surface area contributed by atoms with Gasteiger partial charge in [0.05, 0.1) is 6.54 Å². The Balaban J connectivity index is 2.13. The average molecular weight is 219 g/mol. The van der Waals surface area contributed by atoms with E-state index in [9.17, 15) is 9.59 Å². The third-order valence-electron chi connectivity index (χ3n) is 2.59.